The minimum Gasteiger partial charge on any atom is -0.477 e. The molecule has 5 nitrogen and oxygen atoms in total. The summed E-state index contributed by atoms with van der Waals surface area (Å²) < 4.78 is 0. The largest absolute Gasteiger partial charge is 0.477 e. The number of hydrogen-bond donors (Lipinski definition) is 2. The third-order valence-corrected chi connectivity index (χ3v) is 1.86. The standard InChI is InChI=1S/C9H6N2O3/c12-8-3-7(9(13)14)11-6-1-2-10-4-5(6)8/h1-4H,(H,11,12)(H,13,14). The molecular weight excluding hydrogens is 184 g/mol. The number of aromatic nitrogens is 2. The van der Waals surface area contributed by atoms with Gasteiger partial charge in [-0.2, -0.15) is 0 Å². The van der Waals surface area contributed by atoms with Crippen LogP contribution >= 0.6 is 0 Å². The van der Waals surface area contributed by atoms with Crippen LogP contribution in [-0.2, 0) is 0 Å². The van der Waals surface area contributed by atoms with Crippen LogP contribution in [0.3, 0.4) is 0 Å². The number of aromatic amines is 1. The predicted octanol–water partition coefficient (Wildman–Crippen LogP) is 0.621. The van der Waals surface area contributed by atoms with Gasteiger partial charge in [-0.15, -0.1) is 0 Å². The van der Waals surface area contributed by atoms with Gasteiger partial charge in [0.05, 0.1) is 10.9 Å². The quantitative estimate of drug-likeness (QED) is 0.690. The number of aromatic carboxylic acids is 1. The Kier molecular flexibility index (Phi) is 1.78. The molecule has 0 aliphatic carbocycles. The highest BCUT2D eigenvalue weighted by molar-refractivity contribution is 5.89. The molecule has 0 aromatic carbocycles. The van der Waals surface area contributed by atoms with Crippen molar-refractivity contribution in [1.82, 2.24) is 9.97 Å². The highest BCUT2D eigenvalue weighted by atomic mass is 16.4. The molecular formula is C9H6N2O3. The maximum atomic E-state index is 11.4. The van der Waals surface area contributed by atoms with E-state index in [9.17, 15) is 9.59 Å². The topological polar surface area (TPSA) is 83.0 Å². The lowest BCUT2D eigenvalue weighted by Crippen LogP contribution is -2.09. The summed E-state index contributed by atoms with van der Waals surface area (Å²) >= 11 is 0. The molecule has 2 heterocycles. The number of pyridine rings is 2. The molecule has 0 aliphatic heterocycles. The van der Waals surface area contributed by atoms with E-state index in [4.69, 9.17) is 5.11 Å². The van der Waals surface area contributed by atoms with Crippen molar-refractivity contribution in [2.24, 2.45) is 0 Å². The average molecular weight is 190 g/mol. The number of hydrogen-bond acceptors (Lipinski definition) is 3. The number of carboxylic acid groups (broad SMARTS) is 1. The van der Waals surface area contributed by atoms with E-state index in [0.29, 0.717) is 10.9 Å². The van der Waals surface area contributed by atoms with Crippen molar-refractivity contribution in [1.29, 1.82) is 0 Å². The molecule has 0 fully saturated rings. The summed E-state index contributed by atoms with van der Waals surface area (Å²) in [5.41, 5.74) is 0.0165. The Morgan fingerprint density at radius 3 is 3.00 bits per heavy atom. The lowest BCUT2D eigenvalue weighted by atomic mass is 10.2. The number of H-pyrrole nitrogens is 1. The van der Waals surface area contributed by atoms with Crippen molar-refractivity contribution in [3.05, 3.63) is 40.4 Å². The summed E-state index contributed by atoms with van der Waals surface area (Å²) in [6.07, 6.45) is 2.89. The molecule has 0 spiro atoms. The van der Waals surface area contributed by atoms with Crippen LogP contribution in [0.4, 0.5) is 0 Å². The first-order valence-corrected chi connectivity index (χ1v) is 3.89. The van der Waals surface area contributed by atoms with Gasteiger partial charge in [-0.1, -0.05) is 0 Å². The summed E-state index contributed by atoms with van der Waals surface area (Å²) in [6.45, 7) is 0. The van der Waals surface area contributed by atoms with Crippen molar-refractivity contribution in [2.75, 3.05) is 0 Å². The van der Waals surface area contributed by atoms with Crippen molar-refractivity contribution in [2.45, 2.75) is 0 Å². The molecule has 0 radical (unpaired) electrons. The smallest absolute Gasteiger partial charge is 0.352 e. The van der Waals surface area contributed by atoms with Crippen LogP contribution in [0.1, 0.15) is 10.5 Å². The van der Waals surface area contributed by atoms with Crippen LogP contribution in [0.2, 0.25) is 0 Å². The summed E-state index contributed by atoms with van der Waals surface area (Å²) in [4.78, 5) is 28.4. The number of nitrogens with zero attached hydrogens (tertiary/aromatic N) is 1. The lowest BCUT2D eigenvalue weighted by molar-refractivity contribution is 0.0691. The van der Waals surface area contributed by atoms with E-state index in [0.717, 1.165) is 6.07 Å². The van der Waals surface area contributed by atoms with Crippen molar-refractivity contribution in [3.63, 3.8) is 0 Å². The fraction of sp³-hybridized carbons (Fsp3) is 0. The highest BCUT2D eigenvalue weighted by Gasteiger charge is 2.06. The van der Waals surface area contributed by atoms with E-state index in [-0.39, 0.29) is 11.1 Å². The van der Waals surface area contributed by atoms with Crippen LogP contribution in [0, 0.1) is 0 Å². The minimum absolute atomic E-state index is 0.117. The summed E-state index contributed by atoms with van der Waals surface area (Å²) in [5, 5.41) is 9.07. The lowest BCUT2D eigenvalue weighted by Gasteiger charge is -1.98. The second-order valence-electron chi connectivity index (χ2n) is 2.77. The fourth-order valence-corrected chi connectivity index (χ4v) is 1.21. The molecule has 14 heavy (non-hydrogen) atoms. The van der Waals surface area contributed by atoms with Crippen molar-refractivity contribution >= 4 is 16.9 Å². The molecule has 0 amide bonds. The van der Waals surface area contributed by atoms with Crippen LogP contribution in [-0.4, -0.2) is 21.0 Å². The van der Waals surface area contributed by atoms with Crippen LogP contribution in [0.25, 0.3) is 10.9 Å². The second kappa shape index (κ2) is 2.95. The predicted molar refractivity (Wildman–Crippen MR) is 49.3 cm³/mol. The van der Waals surface area contributed by atoms with Gasteiger partial charge >= 0.3 is 5.97 Å². The first kappa shape index (κ1) is 8.43. The maximum absolute atomic E-state index is 11.4. The Labute approximate surface area is 78.0 Å². The van der Waals surface area contributed by atoms with Gasteiger partial charge in [0, 0.05) is 18.5 Å². The Morgan fingerprint density at radius 2 is 2.29 bits per heavy atom. The molecule has 0 saturated carbocycles. The van der Waals surface area contributed by atoms with Gasteiger partial charge in [-0.3, -0.25) is 9.78 Å². The molecule has 2 aromatic rings. The Hall–Kier alpha value is -2.17. The number of fused-ring (bicyclic) bond motifs is 1. The van der Waals surface area contributed by atoms with Gasteiger partial charge in [0.25, 0.3) is 0 Å². The van der Waals surface area contributed by atoms with Gasteiger partial charge in [0.2, 0.25) is 0 Å². The third-order valence-electron chi connectivity index (χ3n) is 1.86. The SMILES string of the molecule is O=C(O)c1cc(=O)c2cnccc2[nH]1. The summed E-state index contributed by atoms with van der Waals surface area (Å²) in [6, 6.07) is 2.61. The Balaban J connectivity index is 2.86. The first-order valence-electron chi connectivity index (χ1n) is 3.89. The van der Waals surface area contributed by atoms with E-state index >= 15 is 0 Å². The van der Waals surface area contributed by atoms with E-state index in [1.807, 2.05) is 0 Å². The molecule has 0 bridgehead atoms. The molecule has 0 saturated heterocycles. The molecule has 5 heteroatoms. The summed E-state index contributed by atoms with van der Waals surface area (Å²) in [5.74, 6) is -1.15. The van der Waals surface area contributed by atoms with E-state index in [2.05, 4.69) is 9.97 Å². The molecule has 0 unspecified atom stereocenters. The summed E-state index contributed by atoms with van der Waals surface area (Å²) in [7, 11) is 0. The monoisotopic (exact) mass is 190 g/mol. The van der Waals surface area contributed by atoms with Crippen LogP contribution in [0.15, 0.2) is 29.3 Å². The van der Waals surface area contributed by atoms with E-state index in [1.165, 1.54) is 12.4 Å². The van der Waals surface area contributed by atoms with E-state index in [1.54, 1.807) is 6.07 Å². The van der Waals surface area contributed by atoms with Gasteiger partial charge in [-0.05, 0) is 6.07 Å². The molecule has 0 atom stereocenters. The zero-order valence-corrected chi connectivity index (χ0v) is 7.02. The Bertz CT molecular complexity index is 559. The normalized spacial score (nSPS) is 10.3. The number of carboxylic acids is 1. The minimum atomic E-state index is -1.15. The molecule has 2 N–H and O–H groups in total. The second-order valence-corrected chi connectivity index (χ2v) is 2.77. The first-order chi connectivity index (χ1) is 6.68. The van der Waals surface area contributed by atoms with Crippen molar-refractivity contribution < 1.29 is 9.90 Å². The zero-order valence-electron chi connectivity index (χ0n) is 7.02. The molecule has 2 rings (SSSR count). The van der Waals surface area contributed by atoms with E-state index < -0.39 is 5.97 Å². The van der Waals surface area contributed by atoms with Crippen molar-refractivity contribution in [3.8, 4) is 0 Å². The number of carbonyl (C=O) groups is 1. The fourth-order valence-electron chi connectivity index (χ4n) is 1.21. The van der Waals surface area contributed by atoms with Crippen LogP contribution < -0.4 is 5.43 Å². The maximum Gasteiger partial charge on any atom is 0.352 e. The van der Waals surface area contributed by atoms with Crippen LogP contribution in [0.5, 0.6) is 0 Å². The number of rotatable bonds is 1. The van der Waals surface area contributed by atoms with Gasteiger partial charge in [0.15, 0.2) is 5.43 Å². The Morgan fingerprint density at radius 1 is 1.50 bits per heavy atom. The third kappa shape index (κ3) is 1.24. The van der Waals surface area contributed by atoms with Gasteiger partial charge in [-0.25, -0.2) is 4.79 Å². The molecule has 2 aromatic heterocycles. The molecule has 0 aliphatic rings. The molecule has 70 valence electrons. The average Bonchev–Trinajstić information content (AvgIpc) is 2.17. The highest BCUT2D eigenvalue weighted by Crippen LogP contribution is 2.05. The van der Waals surface area contributed by atoms with Gasteiger partial charge in [0.1, 0.15) is 5.69 Å². The zero-order chi connectivity index (χ0) is 10.1. The van der Waals surface area contributed by atoms with Gasteiger partial charge < -0.3 is 10.1 Å². The number of nitrogens with one attached hydrogen (secondary N) is 1.